The van der Waals surface area contributed by atoms with Gasteiger partial charge in [-0.3, -0.25) is 4.79 Å². The highest BCUT2D eigenvalue weighted by atomic mass is 16.5. The highest BCUT2D eigenvalue weighted by molar-refractivity contribution is 5.36. The fourth-order valence-corrected chi connectivity index (χ4v) is 1.12. The molecule has 0 aliphatic rings. The average Bonchev–Trinajstić information content (AvgIpc) is 2.04. The standard InChI is InChI=1S/C11H20O2/c1-10(2)5-4-6-11(3)7-8-13-9-12/h5,9,11H,4,6-8H2,1-3H3/t11-/m1/s1. The van der Waals surface area contributed by atoms with Crippen molar-refractivity contribution in [1.29, 1.82) is 0 Å². The molecule has 0 rings (SSSR count). The Bertz CT molecular complexity index is 157. The molecule has 13 heavy (non-hydrogen) atoms. The fourth-order valence-electron chi connectivity index (χ4n) is 1.12. The van der Waals surface area contributed by atoms with E-state index in [1.165, 1.54) is 12.0 Å². The Morgan fingerprint density at radius 1 is 1.38 bits per heavy atom. The molecule has 2 nitrogen and oxygen atoms in total. The van der Waals surface area contributed by atoms with Crippen LogP contribution in [-0.2, 0) is 9.53 Å². The Morgan fingerprint density at radius 2 is 2.08 bits per heavy atom. The van der Waals surface area contributed by atoms with E-state index >= 15 is 0 Å². The molecule has 0 bridgehead atoms. The molecular formula is C11H20O2. The number of hydrogen-bond acceptors (Lipinski definition) is 2. The summed E-state index contributed by atoms with van der Waals surface area (Å²) in [6.45, 7) is 7.48. The number of carbonyl (C=O) groups excluding carboxylic acids is 1. The topological polar surface area (TPSA) is 26.3 Å². The number of hydrogen-bond donors (Lipinski definition) is 0. The quantitative estimate of drug-likeness (QED) is 0.345. The lowest BCUT2D eigenvalue weighted by Gasteiger charge is -2.08. The molecule has 0 spiro atoms. The molecule has 0 saturated heterocycles. The summed E-state index contributed by atoms with van der Waals surface area (Å²) in [5.74, 6) is 0.635. The maximum Gasteiger partial charge on any atom is 0.293 e. The van der Waals surface area contributed by atoms with Crippen molar-refractivity contribution in [2.75, 3.05) is 6.61 Å². The third-order valence-electron chi connectivity index (χ3n) is 2.01. The fraction of sp³-hybridized carbons (Fsp3) is 0.727. The van der Waals surface area contributed by atoms with Crippen LogP contribution in [0.1, 0.15) is 40.0 Å². The van der Waals surface area contributed by atoms with Gasteiger partial charge in [0.1, 0.15) is 0 Å². The van der Waals surface area contributed by atoms with E-state index < -0.39 is 0 Å². The van der Waals surface area contributed by atoms with Crippen LogP contribution in [0.5, 0.6) is 0 Å². The Balaban J connectivity index is 3.34. The Morgan fingerprint density at radius 3 is 2.62 bits per heavy atom. The Kier molecular flexibility index (Phi) is 7.36. The monoisotopic (exact) mass is 184 g/mol. The van der Waals surface area contributed by atoms with E-state index in [0.29, 0.717) is 19.0 Å². The van der Waals surface area contributed by atoms with Crippen LogP contribution in [0.2, 0.25) is 0 Å². The molecular weight excluding hydrogens is 164 g/mol. The van der Waals surface area contributed by atoms with E-state index in [4.69, 9.17) is 0 Å². The van der Waals surface area contributed by atoms with Crippen molar-refractivity contribution >= 4 is 6.47 Å². The van der Waals surface area contributed by atoms with Crippen LogP contribution in [0, 0.1) is 5.92 Å². The summed E-state index contributed by atoms with van der Waals surface area (Å²) in [6, 6.07) is 0. The van der Waals surface area contributed by atoms with Gasteiger partial charge in [-0.25, -0.2) is 0 Å². The molecule has 2 heteroatoms. The second kappa shape index (κ2) is 7.84. The SMILES string of the molecule is CC(C)=CCC[C@@H](C)CCOC=O. The lowest BCUT2D eigenvalue weighted by molar-refractivity contribution is -0.129. The molecule has 0 aliphatic carbocycles. The number of ether oxygens (including phenoxy) is 1. The first-order chi connectivity index (χ1) is 6.16. The zero-order valence-electron chi connectivity index (χ0n) is 8.88. The van der Waals surface area contributed by atoms with Gasteiger partial charge in [-0.1, -0.05) is 18.6 Å². The zero-order chi connectivity index (χ0) is 10.1. The first kappa shape index (κ1) is 12.2. The minimum atomic E-state index is 0.517. The Labute approximate surface area is 81.0 Å². The van der Waals surface area contributed by atoms with Crippen LogP contribution in [0.15, 0.2) is 11.6 Å². The van der Waals surface area contributed by atoms with Gasteiger partial charge in [0.05, 0.1) is 6.61 Å². The van der Waals surface area contributed by atoms with Gasteiger partial charge in [0.2, 0.25) is 0 Å². The largest absolute Gasteiger partial charge is 0.468 e. The molecule has 0 aromatic rings. The predicted octanol–water partition coefficient (Wildman–Crippen LogP) is 2.93. The molecule has 0 unspecified atom stereocenters. The Hall–Kier alpha value is -0.790. The maximum atomic E-state index is 9.86. The minimum Gasteiger partial charge on any atom is -0.468 e. The van der Waals surface area contributed by atoms with Gasteiger partial charge in [-0.15, -0.1) is 0 Å². The van der Waals surface area contributed by atoms with Gasteiger partial charge in [-0.05, 0) is 39.0 Å². The summed E-state index contributed by atoms with van der Waals surface area (Å²) < 4.78 is 4.64. The molecule has 0 heterocycles. The number of allylic oxidation sites excluding steroid dienone is 2. The van der Waals surface area contributed by atoms with E-state index in [-0.39, 0.29) is 0 Å². The van der Waals surface area contributed by atoms with Crippen LogP contribution >= 0.6 is 0 Å². The summed E-state index contributed by atoms with van der Waals surface area (Å²) >= 11 is 0. The second-order valence-electron chi connectivity index (χ2n) is 3.72. The summed E-state index contributed by atoms with van der Waals surface area (Å²) in [7, 11) is 0. The first-order valence-corrected chi connectivity index (χ1v) is 4.85. The molecule has 0 saturated carbocycles. The molecule has 76 valence electrons. The van der Waals surface area contributed by atoms with E-state index in [1.54, 1.807) is 0 Å². The van der Waals surface area contributed by atoms with Crippen molar-refractivity contribution in [3.8, 4) is 0 Å². The van der Waals surface area contributed by atoms with Gasteiger partial charge < -0.3 is 4.74 Å². The van der Waals surface area contributed by atoms with Crippen molar-refractivity contribution in [3.05, 3.63) is 11.6 Å². The summed E-state index contributed by atoms with van der Waals surface area (Å²) in [5, 5.41) is 0. The molecule has 1 atom stereocenters. The molecule has 0 amide bonds. The van der Waals surface area contributed by atoms with Gasteiger partial charge in [0.25, 0.3) is 6.47 Å². The van der Waals surface area contributed by atoms with Gasteiger partial charge in [0, 0.05) is 0 Å². The van der Waals surface area contributed by atoms with Crippen molar-refractivity contribution in [2.24, 2.45) is 5.92 Å². The van der Waals surface area contributed by atoms with Crippen LogP contribution in [0.4, 0.5) is 0 Å². The zero-order valence-corrected chi connectivity index (χ0v) is 8.88. The van der Waals surface area contributed by atoms with Crippen molar-refractivity contribution in [1.82, 2.24) is 0 Å². The second-order valence-corrected chi connectivity index (χ2v) is 3.72. The molecule has 0 N–H and O–H groups in total. The van der Waals surface area contributed by atoms with Crippen molar-refractivity contribution in [3.63, 3.8) is 0 Å². The average molecular weight is 184 g/mol. The van der Waals surface area contributed by atoms with Crippen LogP contribution in [0.3, 0.4) is 0 Å². The highest BCUT2D eigenvalue weighted by Gasteiger charge is 2.00. The number of carbonyl (C=O) groups is 1. The minimum absolute atomic E-state index is 0.517. The van der Waals surface area contributed by atoms with Crippen molar-refractivity contribution < 1.29 is 9.53 Å². The van der Waals surface area contributed by atoms with Crippen molar-refractivity contribution in [2.45, 2.75) is 40.0 Å². The first-order valence-electron chi connectivity index (χ1n) is 4.85. The summed E-state index contributed by atoms with van der Waals surface area (Å²) in [5.41, 5.74) is 1.37. The predicted molar refractivity (Wildman–Crippen MR) is 54.5 cm³/mol. The lowest BCUT2D eigenvalue weighted by Crippen LogP contribution is -2.00. The third kappa shape index (κ3) is 9.12. The van der Waals surface area contributed by atoms with E-state index in [2.05, 4.69) is 31.6 Å². The van der Waals surface area contributed by atoms with E-state index in [1.807, 2.05) is 0 Å². The molecule has 0 fully saturated rings. The lowest BCUT2D eigenvalue weighted by atomic mass is 10.0. The number of rotatable bonds is 7. The van der Waals surface area contributed by atoms with Gasteiger partial charge in [0.15, 0.2) is 0 Å². The van der Waals surface area contributed by atoms with E-state index in [9.17, 15) is 4.79 Å². The highest BCUT2D eigenvalue weighted by Crippen LogP contribution is 2.11. The van der Waals surface area contributed by atoms with Gasteiger partial charge in [-0.2, -0.15) is 0 Å². The molecule has 0 aromatic heterocycles. The van der Waals surface area contributed by atoms with Crippen LogP contribution < -0.4 is 0 Å². The maximum absolute atomic E-state index is 9.86. The van der Waals surface area contributed by atoms with Gasteiger partial charge >= 0.3 is 0 Å². The van der Waals surface area contributed by atoms with E-state index in [0.717, 1.165) is 12.8 Å². The third-order valence-corrected chi connectivity index (χ3v) is 2.01. The smallest absolute Gasteiger partial charge is 0.293 e. The van der Waals surface area contributed by atoms with Crippen LogP contribution in [-0.4, -0.2) is 13.1 Å². The molecule has 0 aromatic carbocycles. The molecule has 0 radical (unpaired) electrons. The van der Waals surface area contributed by atoms with Crippen LogP contribution in [0.25, 0.3) is 0 Å². The molecule has 0 aliphatic heterocycles. The summed E-state index contributed by atoms with van der Waals surface area (Å²) in [4.78, 5) is 9.86. The normalized spacial score (nSPS) is 11.9. The summed E-state index contributed by atoms with van der Waals surface area (Å²) in [6.07, 6.45) is 5.52.